The zero-order valence-corrected chi connectivity index (χ0v) is 11.3. The highest BCUT2D eigenvalue weighted by Crippen LogP contribution is 2.21. The minimum absolute atomic E-state index is 0.0489. The fourth-order valence-corrected chi connectivity index (χ4v) is 2.20. The van der Waals surface area contributed by atoms with Gasteiger partial charge in [0.1, 0.15) is 11.9 Å². The first kappa shape index (κ1) is 13.9. The monoisotopic (exact) mass is 264 g/mol. The molecule has 4 heteroatoms. The van der Waals surface area contributed by atoms with Gasteiger partial charge < -0.3 is 4.74 Å². The molecule has 0 amide bonds. The standard InChI is InChI=1S/C15H20O4/c1-2-17-14-10-6-7-12(11-14)15(16)19-18-13-8-4-3-5-9-13/h6-7,10-11,13H,2-5,8-9H2,1H3. The fraction of sp³-hybridized carbons (Fsp3) is 0.533. The first-order valence-electron chi connectivity index (χ1n) is 6.90. The number of carbonyl (C=O) groups excluding carboxylic acids is 1. The molecule has 0 bridgehead atoms. The second kappa shape index (κ2) is 7.14. The maximum absolute atomic E-state index is 11.8. The van der Waals surface area contributed by atoms with Gasteiger partial charge in [0.15, 0.2) is 0 Å². The molecule has 104 valence electrons. The summed E-state index contributed by atoms with van der Waals surface area (Å²) in [5.74, 6) is 0.196. The Labute approximate surface area is 113 Å². The lowest BCUT2D eigenvalue weighted by atomic mass is 9.98. The summed E-state index contributed by atoms with van der Waals surface area (Å²) in [6.07, 6.45) is 5.50. The van der Waals surface area contributed by atoms with E-state index in [9.17, 15) is 4.79 Å². The first-order valence-corrected chi connectivity index (χ1v) is 6.90. The fourth-order valence-electron chi connectivity index (χ4n) is 2.20. The Morgan fingerprint density at radius 3 is 2.79 bits per heavy atom. The average molecular weight is 264 g/mol. The lowest BCUT2D eigenvalue weighted by molar-refractivity contribution is -0.279. The normalized spacial score (nSPS) is 16.1. The van der Waals surface area contributed by atoms with E-state index in [0.29, 0.717) is 17.9 Å². The van der Waals surface area contributed by atoms with Crippen molar-refractivity contribution in [2.24, 2.45) is 0 Å². The molecule has 1 aliphatic rings. The van der Waals surface area contributed by atoms with Crippen LogP contribution in [0.3, 0.4) is 0 Å². The van der Waals surface area contributed by atoms with Crippen molar-refractivity contribution in [2.45, 2.75) is 45.1 Å². The Kier molecular flexibility index (Phi) is 5.21. The van der Waals surface area contributed by atoms with E-state index in [0.717, 1.165) is 25.7 Å². The van der Waals surface area contributed by atoms with Gasteiger partial charge in [0.2, 0.25) is 0 Å². The second-order valence-electron chi connectivity index (χ2n) is 4.69. The quantitative estimate of drug-likeness (QED) is 0.603. The molecule has 0 aromatic heterocycles. The van der Waals surface area contributed by atoms with Gasteiger partial charge in [-0.2, -0.15) is 4.89 Å². The molecule has 0 radical (unpaired) electrons. The number of ether oxygens (including phenoxy) is 1. The zero-order valence-electron chi connectivity index (χ0n) is 11.3. The molecule has 0 saturated heterocycles. The van der Waals surface area contributed by atoms with Crippen molar-refractivity contribution in [3.8, 4) is 5.75 Å². The third kappa shape index (κ3) is 4.24. The van der Waals surface area contributed by atoms with Crippen LogP contribution in [0.15, 0.2) is 24.3 Å². The number of hydrogen-bond acceptors (Lipinski definition) is 4. The van der Waals surface area contributed by atoms with Crippen LogP contribution in [0.4, 0.5) is 0 Å². The van der Waals surface area contributed by atoms with Crippen LogP contribution in [-0.2, 0) is 9.78 Å². The molecule has 1 fully saturated rings. The third-order valence-corrected chi connectivity index (χ3v) is 3.19. The Morgan fingerprint density at radius 2 is 2.05 bits per heavy atom. The Bertz CT molecular complexity index is 410. The highest BCUT2D eigenvalue weighted by Gasteiger charge is 2.17. The van der Waals surface area contributed by atoms with Crippen molar-refractivity contribution in [3.05, 3.63) is 29.8 Å². The predicted molar refractivity (Wildman–Crippen MR) is 71.0 cm³/mol. The van der Waals surface area contributed by atoms with Crippen molar-refractivity contribution in [1.82, 2.24) is 0 Å². The van der Waals surface area contributed by atoms with Gasteiger partial charge in [0, 0.05) is 0 Å². The van der Waals surface area contributed by atoms with Crippen molar-refractivity contribution in [1.29, 1.82) is 0 Å². The number of hydrogen-bond donors (Lipinski definition) is 0. The van der Waals surface area contributed by atoms with E-state index >= 15 is 0 Å². The summed E-state index contributed by atoms with van der Waals surface area (Å²) in [5.41, 5.74) is 0.446. The van der Waals surface area contributed by atoms with Gasteiger partial charge in [-0.15, -0.1) is 0 Å². The molecular weight excluding hydrogens is 244 g/mol. The minimum Gasteiger partial charge on any atom is -0.494 e. The molecule has 0 aliphatic heterocycles. The smallest absolute Gasteiger partial charge is 0.373 e. The summed E-state index contributed by atoms with van der Waals surface area (Å²) in [5, 5.41) is 0. The van der Waals surface area contributed by atoms with E-state index in [4.69, 9.17) is 14.5 Å². The molecule has 0 N–H and O–H groups in total. The lowest BCUT2D eigenvalue weighted by Gasteiger charge is -2.19. The molecule has 19 heavy (non-hydrogen) atoms. The summed E-state index contributed by atoms with van der Waals surface area (Å²) in [7, 11) is 0. The van der Waals surface area contributed by atoms with Crippen molar-refractivity contribution in [3.63, 3.8) is 0 Å². The Hall–Kier alpha value is -1.55. The molecular formula is C15H20O4. The van der Waals surface area contributed by atoms with Crippen LogP contribution in [0.2, 0.25) is 0 Å². The molecule has 0 atom stereocenters. The topological polar surface area (TPSA) is 44.8 Å². The highest BCUT2D eigenvalue weighted by molar-refractivity contribution is 5.89. The Morgan fingerprint density at radius 1 is 1.26 bits per heavy atom. The van der Waals surface area contributed by atoms with Gasteiger partial charge in [0.05, 0.1) is 12.2 Å². The van der Waals surface area contributed by atoms with E-state index in [1.807, 2.05) is 13.0 Å². The largest absolute Gasteiger partial charge is 0.494 e. The summed E-state index contributed by atoms with van der Waals surface area (Å²) in [6.45, 7) is 2.47. The van der Waals surface area contributed by atoms with E-state index < -0.39 is 5.97 Å². The number of carbonyl (C=O) groups is 1. The Balaban J connectivity index is 1.86. The molecule has 1 aliphatic carbocycles. The van der Waals surface area contributed by atoms with Gasteiger partial charge >= 0.3 is 5.97 Å². The molecule has 1 saturated carbocycles. The van der Waals surface area contributed by atoms with Gasteiger partial charge in [-0.1, -0.05) is 25.3 Å². The minimum atomic E-state index is -0.466. The molecule has 1 aromatic carbocycles. The van der Waals surface area contributed by atoms with Gasteiger partial charge in [-0.25, -0.2) is 4.79 Å². The van der Waals surface area contributed by atoms with Crippen LogP contribution in [0.25, 0.3) is 0 Å². The van der Waals surface area contributed by atoms with Gasteiger partial charge in [0.25, 0.3) is 0 Å². The van der Waals surface area contributed by atoms with E-state index in [1.54, 1.807) is 18.2 Å². The van der Waals surface area contributed by atoms with E-state index in [-0.39, 0.29) is 6.10 Å². The maximum atomic E-state index is 11.8. The summed E-state index contributed by atoms with van der Waals surface area (Å²) < 4.78 is 5.34. The SMILES string of the molecule is CCOc1cccc(C(=O)OOC2CCCCC2)c1. The number of benzene rings is 1. The molecule has 1 aromatic rings. The summed E-state index contributed by atoms with van der Waals surface area (Å²) >= 11 is 0. The third-order valence-electron chi connectivity index (χ3n) is 3.19. The van der Waals surface area contributed by atoms with Crippen molar-refractivity contribution in [2.75, 3.05) is 6.61 Å². The van der Waals surface area contributed by atoms with E-state index in [2.05, 4.69) is 0 Å². The first-order chi connectivity index (χ1) is 9.29. The van der Waals surface area contributed by atoms with E-state index in [1.165, 1.54) is 6.42 Å². The summed E-state index contributed by atoms with van der Waals surface area (Å²) in [4.78, 5) is 22.0. The van der Waals surface area contributed by atoms with Crippen molar-refractivity contribution < 1.29 is 19.3 Å². The second-order valence-corrected chi connectivity index (χ2v) is 4.69. The average Bonchev–Trinajstić information content (AvgIpc) is 2.46. The maximum Gasteiger partial charge on any atom is 0.373 e. The predicted octanol–water partition coefficient (Wildman–Crippen LogP) is 3.51. The molecule has 0 spiro atoms. The van der Waals surface area contributed by atoms with Crippen LogP contribution in [0.1, 0.15) is 49.4 Å². The highest BCUT2D eigenvalue weighted by atomic mass is 17.2. The summed E-state index contributed by atoms with van der Waals surface area (Å²) in [6, 6.07) is 6.93. The van der Waals surface area contributed by atoms with Gasteiger partial charge in [-0.3, -0.25) is 4.89 Å². The van der Waals surface area contributed by atoms with Crippen LogP contribution in [0.5, 0.6) is 5.75 Å². The molecule has 2 rings (SSSR count). The number of rotatable bonds is 5. The zero-order chi connectivity index (χ0) is 13.5. The van der Waals surface area contributed by atoms with Crippen LogP contribution < -0.4 is 4.74 Å². The van der Waals surface area contributed by atoms with Crippen LogP contribution in [-0.4, -0.2) is 18.7 Å². The van der Waals surface area contributed by atoms with Gasteiger partial charge in [-0.05, 0) is 38.0 Å². The van der Waals surface area contributed by atoms with Crippen molar-refractivity contribution >= 4 is 5.97 Å². The lowest BCUT2D eigenvalue weighted by Crippen LogP contribution is -2.19. The van der Waals surface area contributed by atoms with Crippen LogP contribution in [0, 0.1) is 0 Å². The molecule has 0 heterocycles. The van der Waals surface area contributed by atoms with Crippen LogP contribution >= 0.6 is 0 Å². The molecule has 0 unspecified atom stereocenters. The molecule has 4 nitrogen and oxygen atoms in total.